The highest BCUT2D eigenvalue weighted by atomic mass is 32.1. The predicted octanol–water partition coefficient (Wildman–Crippen LogP) is 7.10. The fraction of sp³-hybridized carbons (Fsp3) is 0.400. The van der Waals surface area contributed by atoms with E-state index in [1.54, 1.807) is 6.07 Å². The molecule has 0 aliphatic heterocycles. The number of halogens is 1. The van der Waals surface area contributed by atoms with Gasteiger partial charge < -0.3 is 4.90 Å². The molecule has 1 aromatic carbocycles. The van der Waals surface area contributed by atoms with E-state index < -0.39 is 5.41 Å². The van der Waals surface area contributed by atoms with Gasteiger partial charge in [-0.1, -0.05) is 59.9 Å². The number of nitrogens with zero attached hydrogens (tertiary/aromatic N) is 2. The third-order valence-corrected chi connectivity index (χ3v) is 6.87. The summed E-state index contributed by atoms with van der Waals surface area (Å²) in [6.07, 6.45) is 0. The Balaban J connectivity index is 2.65. The van der Waals surface area contributed by atoms with Gasteiger partial charge in [0, 0.05) is 34.7 Å². The number of thiophene rings is 1. The maximum Gasteiger partial charge on any atom is 0.127 e. The fourth-order valence-electron chi connectivity index (χ4n) is 3.67. The first kappa shape index (κ1) is 22.9. The van der Waals surface area contributed by atoms with Crippen molar-refractivity contribution in [2.24, 2.45) is 0 Å². The number of nitriles is 1. The minimum Gasteiger partial charge on any atom is -0.352 e. The van der Waals surface area contributed by atoms with Gasteiger partial charge in [0.15, 0.2) is 0 Å². The van der Waals surface area contributed by atoms with Gasteiger partial charge in [0.1, 0.15) is 16.8 Å². The van der Waals surface area contributed by atoms with Crippen LogP contribution in [0.3, 0.4) is 0 Å². The van der Waals surface area contributed by atoms with Crippen molar-refractivity contribution in [1.29, 1.82) is 5.26 Å². The van der Waals surface area contributed by atoms with Crippen LogP contribution in [-0.4, -0.2) is 11.9 Å². The van der Waals surface area contributed by atoms with Gasteiger partial charge in [0.05, 0.1) is 0 Å². The van der Waals surface area contributed by atoms with Crippen LogP contribution in [-0.2, 0) is 10.8 Å². The molecule has 1 atom stereocenters. The second kappa shape index (κ2) is 8.16. The molecule has 2 aromatic rings. The van der Waals surface area contributed by atoms with E-state index in [1.807, 2.05) is 63.9 Å². The molecule has 0 bridgehead atoms. The van der Waals surface area contributed by atoms with Crippen LogP contribution < -0.4 is 0 Å². The zero-order chi connectivity index (χ0) is 22.1. The highest BCUT2D eigenvalue weighted by Crippen LogP contribution is 2.46. The normalized spacial score (nSPS) is 12.9. The molecule has 0 saturated heterocycles. The molecule has 2 rings (SSSR count). The molecule has 1 aromatic heterocycles. The van der Waals surface area contributed by atoms with Crippen molar-refractivity contribution < 1.29 is 4.39 Å². The Morgan fingerprint density at radius 1 is 1.14 bits per heavy atom. The van der Waals surface area contributed by atoms with Crippen molar-refractivity contribution in [2.75, 3.05) is 7.05 Å². The number of hydrogen-bond donors (Lipinski definition) is 0. The van der Waals surface area contributed by atoms with E-state index in [0.717, 1.165) is 21.8 Å². The first-order chi connectivity index (χ1) is 13.3. The lowest BCUT2D eigenvalue weighted by Gasteiger charge is -2.39. The number of hydrogen-bond acceptors (Lipinski definition) is 3. The van der Waals surface area contributed by atoms with Crippen LogP contribution in [0.15, 0.2) is 54.9 Å². The maximum absolute atomic E-state index is 15.1. The Hall–Kier alpha value is -2.38. The molecule has 0 N–H and O–H groups in total. The molecule has 0 amide bonds. The van der Waals surface area contributed by atoms with E-state index in [-0.39, 0.29) is 17.2 Å². The summed E-state index contributed by atoms with van der Waals surface area (Å²) in [6.45, 7) is 20.6. The molecule has 0 spiro atoms. The van der Waals surface area contributed by atoms with E-state index in [1.165, 1.54) is 11.3 Å². The summed E-state index contributed by atoms with van der Waals surface area (Å²) < 4.78 is 15.1. The molecule has 29 heavy (non-hydrogen) atoms. The van der Waals surface area contributed by atoms with E-state index in [0.29, 0.717) is 10.4 Å². The minimum atomic E-state index is -0.393. The minimum absolute atomic E-state index is 0.182. The van der Waals surface area contributed by atoms with Crippen LogP contribution in [0.4, 0.5) is 4.39 Å². The van der Waals surface area contributed by atoms with E-state index in [2.05, 4.69) is 33.1 Å². The molecule has 0 unspecified atom stereocenters. The van der Waals surface area contributed by atoms with E-state index in [4.69, 9.17) is 0 Å². The highest BCUT2D eigenvalue weighted by molar-refractivity contribution is 7.12. The topological polar surface area (TPSA) is 27.0 Å². The molecule has 154 valence electrons. The molecular formula is C25H31FN2S. The molecule has 0 aliphatic carbocycles. The summed E-state index contributed by atoms with van der Waals surface area (Å²) in [5.41, 5.74) is 2.61. The maximum atomic E-state index is 15.1. The first-order valence-electron chi connectivity index (χ1n) is 9.69. The molecule has 0 aliphatic rings. The predicted molar refractivity (Wildman–Crippen MR) is 122 cm³/mol. The third kappa shape index (κ3) is 4.62. The Morgan fingerprint density at radius 2 is 1.76 bits per heavy atom. The summed E-state index contributed by atoms with van der Waals surface area (Å²) in [7, 11) is 1.93. The number of likely N-dealkylation sites (N-methyl/N-ethyl adjacent to an activating group) is 1. The van der Waals surface area contributed by atoms with Gasteiger partial charge in [-0.15, -0.1) is 11.3 Å². The van der Waals surface area contributed by atoms with Crippen molar-refractivity contribution in [3.05, 3.63) is 81.6 Å². The van der Waals surface area contributed by atoms with Crippen LogP contribution in [0.25, 0.3) is 0 Å². The van der Waals surface area contributed by atoms with E-state index in [9.17, 15) is 5.26 Å². The Morgan fingerprint density at radius 3 is 2.21 bits per heavy atom. The standard InChI is InChI=1S/C25H31FN2S/c1-16(2)28(9)17(3)23(25(7,8)22-13-11-19(15-27)29-22)18-10-12-20(21(26)14-18)24(4,5)6/h10-14,23H,1,3H2,2,4-9H3/t23-/m1/s1. The number of rotatable bonds is 6. The summed E-state index contributed by atoms with van der Waals surface area (Å²) in [4.78, 5) is 3.69. The van der Waals surface area contributed by atoms with Crippen LogP contribution >= 0.6 is 11.3 Å². The molecule has 0 saturated carbocycles. The zero-order valence-electron chi connectivity index (χ0n) is 18.6. The van der Waals surface area contributed by atoms with E-state index >= 15 is 4.39 Å². The summed E-state index contributed by atoms with van der Waals surface area (Å²) in [5.74, 6) is -0.386. The van der Waals surface area contributed by atoms with Crippen molar-refractivity contribution >= 4 is 11.3 Å². The van der Waals surface area contributed by atoms with Crippen LogP contribution in [0.5, 0.6) is 0 Å². The zero-order valence-corrected chi connectivity index (χ0v) is 19.4. The van der Waals surface area contributed by atoms with Crippen molar-refractivity contribution in [2.45, 2.75) is 58.3 Å². The molecule has 0 fully saturated rings. The molecule has 1 heterocycles. The lowest BCUT2D eigenvalue weighted by Crippen LogP contribution is -2.33. The third-order valence-electron chi connectivity index (χ3n) is 5.54. The number of benzene rings is 1. The Kier molecular flexibility index (Phi) is 6.45. The largest absolute Gasteiger partial charge is 0.352 e. The lowest BCUT2D eigenvalue weighted by atomic mass is 9.71. The monoisotopic (exact) mass is 410 g/mol. The van der Waals surface area contributed by atoms with Gasteiger partial charge >= 0.3 is 0 Å². The SMILES string of the molecule is C=C(C)N(C)C(=C)[C@H](c1ccc(C(C)(C)C)c(F)c1)C(C)(C)c1ccc(C#N)s1. The highest BCUT2D eigenvalue weighted by Gasteiger charge is 2.38. The van der Waals surface area contributed by atoms with Gasteiger partial charge in [-0.2, -0.15) is 5.26 Å². The van der Waals surface area contributed by atoms with Gasteiger partial charge in [-0.3, -0.25) is 0 Å². The first-order valence-corrected chi connectivity index (χ1v) is 10.5. The van der Waals surface area contributed by atoms with Crippen molar-refractivity contribution in [1.82, 2.24) is 4.90 Å². The van der Waals surface area contributed by atoms with Crippen molar-refractivity contribution in [3.8, 4) is 6.07 Å². The summed E-state index contributed by atoms with van der Waals surface area (Å²) in [6, 6.07) is 11.6. The Labute approximate surface area is 179 Å². The quantitative estimate of drug-likeness (QED) is 0.508. The average molecular weight is 411 g/mol. The van der Waals surface area contributed by atoms with Crippen LogP contribution in [0.2, 0.25) is 0 Å². The van der Waals surface area contributed by atoms with Crippen molar-refractivity contribution in [3.63, 3.8) is 0 Å². The molecule has 4 heteroatoms. The lowest BCUT2D eigenvalue weighted by molar-refractivity contribution is 0.379. The van der Waals surface area contributed by atoms with Gasteiger partial charge in [-0.05, 0) is 41.7 Å². The van der Waals surface area contributed by atoms with Gasteiger partial charge in [0.25, 0.3) is 0 Å². The second-order valence-corrected chi connectivity index (χ2v) is 10.3. The van der Waals surface area contributed by atoms with Crippen LogP contribution in [0, 0.1) is 17.1 Å². The van der Waals surface area contributed by atoms with Gasteiger partial charge in [-0.25, -0.2) is 4.39 Å². The summed E-state index contributed by atoms with van der Waals surface area (Å²) >= 11 is 1.48. The molecular weight excluding hydrogens is 379 g/mol. The smallest absolute Gasteiger partial charge is 0.127 e. The number of allylic oxidation sites excluding steroid dienone is 2. The molecule has 2 nitrogen and oxygen atoms in total. The molecule has 0 radical (unpaired) electrons. The Bertz CT molecular complexity index is 969. The van der Waals surface area contributed by atoms with Gasteiger partial charge in [0.2, 0.25) is 0 Å². The summed E-state index contributed by atoms with van der Waals surface area (Å²) in [5, 5.41) is 9.26. The average Bonchev–Trinajstić information content (AvgIpc) is 3.09. The second-order valence-electron chi connectivity index (χ2n) is 9.21. The van der Waals surface area contributed by atoms with Crippen LogP contribution in [0.1, 0.15) is 68.3 Å². The fourth-order valence-corrected chi connectivity index (χ4v) is 4.61.